The van der Waals surface area contributed by atoms with E-state index >= 15 is 0 Å². The Labute approximate surface area is 135 Å². The largest absolute Gasteiger partial charge is 0.382 e. The van der Waals surface area contributed by atoms with Crippen molar-refractivity contribution in [2.45, 2.75) is 12.6 Å². The highest BCUT2D eigenvalue weighted by Crippen LogP contribution is 2.22. The molecule has 1 aliphatic heterocycles. The molecule has 0 bridgehead atoms. The number of aliphatic imine (C=N–C) groups is 1. The number of aromatic amines is 1. The lowest BCUT2D eigenvalue weighted by molar-refractivity contribution is -0.0347. The van der Waals surface area contributed by atoms with Crippen LogP contribution in [0.15, 0.2) is 47.5 Å². The van der Waals surface area contributed by atoms with Crippen molar-refractivity contribution in [3.8, 4) is 0 Å². The van der Waals surface area contributed by atoms with Crippen LogP contribution in [0.4, 0.5) is 0 Å². The number of nitrogens with zero attached hydrogens (tertiary/aromatic N) is 2. The quantitative estimate of drug-likeness (QED) is 0.582. The number of nitrogens with one attached hydrogen (secondary N) is 2. The van der Waals surface area contributed by atoms with Gasteiger partial charge in [-0.05, 0) is 17.7 Å². The summed E-state index contributed by atoms with van der Waals surface area (Å²) in [6.45, 7) is 3.38. The summed E-state index contributed by atoms with van der Waals surface area (Å²) in [4.78, 5) is 9.41. The summed E-state index contributed by atoms with van der Waals surface area (Å²) >= 11 is 0. The van der Waals surface area contributed by atoms with Gasteiger partial charge in [0.2, 0.25) is 0 Å². The second-order valence-corrected chi connectivity index (χ2v) is 5.55. The number of benzene rings is 1. The molecule has 0 saturated carbocycles. The smallest absolute Gasteiger partial charge is 0.148 e. The summed E-state index contributed by atoms with van der Waals surface area (Å²) in [5.41, 5.74) is 8.80. The average Bonchev–Trinajstić information content (AvgIpc) is 3.06. The van der Waals surface area contributed by atoms with Crippen LogP contribution in [0.2, 0.25) is 0 Å². The van der Waals surface area contributed by atoms with Crippen molar-refractivity contribution in [1.82, 2.24) is 9.88 Å². The Morgan fingerprint density at radius 2 is 2.17 bits per heavy atom. The Morgan fingerprint density at radius 1 is 1.35 bits per heavy atom. The number of aromatic nitrogens is 1. The van der Waals surface area contributed by atoms with Crippen molar-refractivity contribution in [2.24, 2.45) is 10.7 Å². The van der Waals surface area contributed by atoms with Gasteiger partial charge in [-0.2, -0.15) is 0 Å². The first-order valence-electron chi connectivity index (χ1n) is 7.65. The van der Waals surface area contributed by atoms with Gasteiger partial charge in [-0.15, -0.1) is 0 Å². The number of morpholine rings is 1. The summed E-state index contributed by atoms with van der Waals surface area (Å²) in [6.07, 6.45) is 0.933. The Bertz CT molecular complexity index is 679. The van der Waals surface area contributed by atoms with Crippen LogP contribution in [0.3, 0.4) is 0 Å². The fourth-order valence-electron chi connectivity index (χ4n) is 2.76. The lowest BCUT2D eigenvalue weighted by Crippen LogP contribution is -2.38. The van der Waals surface area contributed by atoms with Crippen LogP contribution in [0, 0.1) is 5.41 Å². The molecule has 6 nitrogen and oxygen atoms in total. The van der Waals surface area contributed by atoms with Gasteiger partial charge in [0.05, 0.1) is 12.3 Å². The molecule has 23 heavy (non-hydrogen) atoms. The average molecular weight is 311 g/mol. The fraction of sp³-hybridized carbons (Fsp3) is 0.294. The molecule has 6 heteroatoms. The first kappa shape index (κ1) is 15.5. The standard InChI is InChI=1S/C17H21N5O/c18-12-20-17(19)15-7-6-14(21-15)16-11-22(8-9-23-16)10-13-4-2-1-3-5-13/h1-7,12,16,21H,8-11H2,(H3,18,19,20). The molecule has 1 fully saturated rings. The van der Waals surface area contributed by atoms with E-state index in [-0.39, 0.29) is 6.10 Å². The zero-order chi connectivity index (χ0) is 16.1. The minimum atomic E-state index is -0.00556. The third-order valence-electron chi connectivity index (χ3n) is 3.93. The normalized spacial score (nSPS) is 19.7. The summed E-state index contributed by atoms with van der Waals surface area (Å²) in [6, 6.07) is 14.3. The van der Waals surface area contributed by atoms with Gasteiger partial charge in [-0.1, -0.05) is 30.3 Å². The van der Waals surface area contributed by atoms with Crippen LogP contribution in [0.25, 0.3) is 0 Å². The molecule has 0 spiro atoms. The third-order valence-corrected chi connectivity index (χ3v) is 3.93. The summed E-state index contributed by atoms with van der Waals surface area (Å²) in [5.74, 6) is 0.309. The molecule has 1 saturated heterocycles. The van der Waals surface area contributed by atoms with E-state index in [0.717, 1.165) is 31.7 Å². The molecular formula is C17H21N5O. The fourth-order valence-corrected chi connectivity index (χ4v) is 2.76. The molecule has 0 aliphatic carbocycles. The summed E-state index contributed by atoms with van der Waals surface area (Å²) < 4.78 is 5.89. The highest BCUT2D eigenvalue weighted by molar-refractivity contribution is 5.99. The molecule has 2 heterocycles. The van der Waals surface area contributed by atoms with Gasteiger partial charge in [0, 0.05) is 25.3 Å². The molecule has 4 N–H and O–H groups in total. The third kappa shape index (κ3) is 3.85. The molecule has 1 aromatic carbocycles. The Kier molecular flexibility index (Phi) is 4.85. The van der Waals surface area contributed by atoms with Gasteiger partial charge in [-0.25, -0.2) is 4.99 Å². The van der Waals surface area contributed by atoms with Gasteiger partial charge in [0.15, 0.2) is 0 Å². The van der Waals surface area contributed by atoms with E-state index in [9.17, 15) is 0 Å². The molecule has 120 valence electrons. The monoisotopic (exact) mass is 311 g/mol. The van der Waals surface area contributed by atoms with Gasteiger partial charge >= 0.3 is 0 Å². The van der Waals surface area contributed by atoms with Crippen molar-refractivity contribution >= 4 is 12.2 Å². The van der Waals surface area contributed by atoms with Crippen molar-refractivity contribution in [1.29, 1.82) is 5.41 Å². The zero-order valence-electron chi connectivity index (χ0n) is 12.9. The lowest BCUT2D eigenvalue weighted by Gasteiger charge is -2.32. The van der Waals surface area contributed by atoms with Crippen LogP contribution in [-0.2, 0) is 11.3 Å². The second-order valence-electron chi connectivity index (χ2n) is 5.55. The van der Waals surface area contributed by atoms with E-state index in [2.05, 4.69) is 39.1 Å². The highest BCUT2D eigenvalue weighted by atomic mass is 16.5. The minimum absolute atomic E-state index is 0.00556. The van der Waals surface area contributed by atoms with Crippen LogP contribution in [0.1, 0.15) is 23.1 Å². The van der Waals surface area contributed by atoms with Crippen molar-refractivity contribution in [2.75, 3.05) is 19.7 Å². The zero-order valence-corrected chi connectivity index (χ0v) is 12.9. The van der Waals surface area contributed by atoms with E-state index in [1.165, 1.54) is 5.56 Å². The van der Waals surface area contributed by atoms with Crippen molar-refractivity contribution < 1.29 is 4.74 Å². The molecule has 1 aliphatic rings. The van der Waals surface area contributed by atoms with E-state index in [1.54, 1.807) is 0 Å². The molecule has 1 aromatic heterocycles. The summed E-state index contributed by atoms with van der Waals surface area (Å²) in [7, 11) is 0. The molecule has 2 aromatic rings. The van der Waals surface area contributed by atoms with Crippen LogP contribution in [-0.4, -0.2) is 41.8 Å². The number of ether oxygens (including phenoxy) is 1. The van der Waals surface area contributed by atoms with Crippen LogP contribution < -0.4 is 5.73 Å². The summed E-state index contributed by atoms with van der Waals surface area (Å²) in [5, 5.41) is 6.98. The first-order valence-corrected chi connectivity index (χ1v) is 7.65. The Hall–Kier alpha value is -2.44. The topological polar surface area (TPSA) is 90.5 Å². The molecule has 3 rings (SSSR count). The molecule has 0 amide bonds. The highest BCUT2D eigenvalue weighted by Gasteiger charge is 2.23. The number of nitrogens with two attached hydrogens (primary N) is 1. The van der Waals surface area contributed by atoms with E-state index in [4.69, 9.17) is 15.9 Å². The molecule has 1 unspecified atom stereocenters. The second kappa shape index (κ2) is 7.21. The molecular weight excluding hydrogens is 290 g/mol. The maximum atomic E-state index is 6.98. The lowest BCUT2D eigenvalue weighted by atomic mass is 10.1. The van der Waals surface area contributed by atoms with Gasteiger partial charge in [-0.3, -0.25) is 10.3 Å². The van der Waals surface area contributed by atoms with Crippen molar-refractivity contribution in [3.63, 3.8) is 0 Å². The number of hydrogen-bond donors (Lipinski definition) is 3. The van der Waals surface area contributed by atoms with E-state index < -0.39 is 0 Å². The van der Waals surface area contributed by atoms with Gasteiger partial charge in [0.25, 0.3) is 0 Å². The predicted molar refractivity (Wildman–Crippen MR) is 90.7 cm³/mol. The van der Waals surface area contributed by atoms with Crippen LogP contribution in [0.5, 0.6) is 0 Å². The Morgan fingerprint density at radius 3 is 2.96 bits per heavy atom. The number of hydrogen-bond acceptors (Lipinski definition) is 3. The SMILES string of the molecule is N=C/N=C(/N)c1ccc(C2CN(Cc3ccccc3)CCO2)[nH]1. The maximum absolute atomic E-state index is 6.98. The predicted octanol–water partition coefficient (Wildman–Crippen LogP) is 1.90. The van der Waals surface area contributed by atoms with Crippen LogP contribution >= 0.6 is 0 Å². The maximum Gasteiger partial charge on any atom is 0.148 e. The van der Waals surface area contributed by atoms with E-state index in [0.29, 0.717) is 18.1 Å². The van der Waals surface area contributed by atoms with Gasteiger partial charge < -0.3 is 15.5 Å². The van der Waals surface area contributed by atoms with Gasteiger partial charge in [0.1, 0.15) is 18.3 Å². The number of rotatable bonds is 5. The first-order chi connectivity index (χ1) is 11.3. The van der Waals surface area contributed by atoms with Crippen molar-refractivity contribution in [3.05, 3.63) is 59.4 Å². The Balaban J connectivity index is 1.66. The number of H-pyrrole nitrogens is 1. The molecule has 1 atom stereocenters. The molecule has 0 radical (unpaired) electrons. The minimum Gasteiger partial charge on any atom is -0.382 e. The number of amidine groups is 1. The van der Waals surface area contributed by atoms with E-state index in [1.807, 2.05) is 18.2 Å².